The minimum absolute atomic E-state index is 0.158. The molecule has 3 aromatic carbocycles. The van der Waals surface area contributed by atoms with Gasteiger partial charge < -0.3 is 20.3 Å². The molecule has 0 saturated carbocycles. The number of hydrogen-bond donors (Lipinski definition) is 2. The summed E-state index contributed by atoms with van der Waals surface area (Å²) in [6.45, 7) is 10.2. The number of hydrogen-bond acceptors (Lipinski definition) is 5. The molecule has 8 heteroatoms. The zero-order chi connectivity index (χ0) is 31.3. The van der Waals surface area contributed by atoms with E-state index in [2.05, 4.69) is 29.7 Å². The van der Waals surface area contributed by atoms with Gasteiger partial charge >= 0.3 is 0 Å². The molecule has 2 N–H and O–H groups in total. The maximum absolute atomic E-state index is 13.2. The Balaban J connectivity index is 1.44. The van der Waals surface area contributed by atoms with Gasteiger partial charge in [-0.15, -0.1) is 0 Å². The predicted octanol–water partition coefficient (Wildman–Crippen LogP) is 5.51. The molecule has 0 saturated heterocycles. The summed E-state index contributed by atoms with van der Waals surface area (Å²) < 4.78 is 6.33. The summed E-state index contributed by atoms with van der Waals surface area (Å²) in [5, 5.41) is 6.29. The molecule has 8 nitrogen and oxygen atoms in total. The molecule has 0 aliphatic heterocycles. The number of anilines is 1. The molecule has 0 fully saturated rings. The van der Waals surface area contributed by atoms with Gasteiger partial charge in [0.05, 0.1) is 6.54 Å². The Morgan fingerprint density at radius 1 is 0.930 bits per heavy atom. The predicted molar refractivity (Wildman–Crippen MR) is 171 cm³/mol. The minimum Gasteiger partial charge on any atom is -0.487 e. The smallest absolute Gasteiger partial charge is 0.251 e. The van der Waals surface area contributed by atoms with E-state index in [9.17, 15) is 14.4 Å². The van der Waals surface area contributed by atoms with Gasteiger partial charge in [0.2, 0.25) is 11.8 Å². The molecule has 0 unspecified atom stereocenters. The van der Waals surface area contributed by atoms with E-state index in [0.29, 0.717) is 17.9 Å². The Bertz CT molecular complexity index is 1720. The normalized spacial score (nSPS) is 11.0. The largest absolute Gasteiger partial charge is 0.487 e. The number of fused-ring (bicyclic) bond motifs is 1. The molecule has 3 amide bonds. The third kappa shape index (κ3) is 7.09. The lowest BCUT2D eigenvalue weighted by Crippen LogP contribution is -2.38. The fourth-order valence-corrected chi connectivity index (χ4v) is 5.30. The van der Waals surface area contributed by atoms with Gasteiger partial charge in [-0.2, -0.15) is 0 Å². The highest BCUT2D eigenvalue weighted by Gasteiger charge is 2.20. The number of likely N-dealkylation sites (N-methyl/N-ethyl adjacent to an activating group) is 1. The molecule has 0 bridgehead atoms. The topological polar surface area (TPSA) is 101 Å². The first-order valence-electron chi connectivity index (χ1n) is 14.1. The molecule has 4 aromatic rings. The Labute approximate surface area is 252 Å². The van der Waals surface area contributed by atoms with Crippen LogP contribution in [0.3, 0.4) is 0 Å². The number of ether oxygens (including phenoxy) is 1. The summed E-state index contributed by atoms with van der Waals surface area (Å²) in [7, 11) is 3.29. The number of aryl methyl sites for hydroxylation is 4. The number of para-hydroxylation sites is 1. The quantitative estimate of drug-likeness (QED) is 0.255. The number of carbonyl (C=O) groups excluding carboxylic acids is 3. The fourth-order valence-electron chi connectivity index (χ4n) is 5.30. The van der Waals surface area contributed by atoms with Gasteiger partial charge in [-0.05, 0) is 98.3 Å². The van der Waals surface area contributed by atoms with Gasteiger partial charge in [0.25, 0.3) is 5.91 Å². The second kappa shape index (κ2) is 13.3. The van der Waals surface area contributed by atoms with E-state index in [0.717, 1.165) is 55.7 Å². The van der Waals surface area contributed by atoms with E-state index in [1.807, 2.05) is 45.9 Å². The first-order chi connectivity index (χ1) is 20.5. The first-order valence-corrected chi connectivity index (χ1v) is 14.1. The molecule has 0 aliphatic rings. The second-order valence-electron chi connectivity index (χ2n) is 10.7. The van der Waals surface area contributed by atoms with Gasteiger partial charge in [-0.1, -0.05) is 30.3 Å². The average molecular weight is 579 g/mol. The lowest BCUT2D eigenvalue weighted by Gasteiger charge is -2.25. The number of amides is 3. The van der Waals surface area contributed by atoms with Crippen molar-refractivity contribution in [3.05, 3.63) is 105 Å². The number of carbonyl (C=O) groups is 3. The fraction of sp³-hybridized carbons (Fsp3) is 0.257. The van der Waals surface area contributed by atoms with Crippen molar-refractivity contribution < 1.29 is 19.1 Å². The molecule has 1 heterocycles. The van der Waals surface area contributed by atoms with Crippen LogP contribution in [0.25, 0.3) is 17.0 Å². The molecule has 43 heavy (non-hydrogen) atoms. The number of nitrogens with one attached hydrogen (secondary N) is 2. The van der Waals surface area contributed by atoms with Gasteiger partial charge in [0.15, 0.2) is 0 Å². The van der Waals surface area contributed by atoms with Gasteiger partial charge in [0, 0.05) is 42.5 Å². The van der Waals surface area contributed by atoms with Crippen molar-refractivity contribution in [2.75, 3.05) is 25.5 Å². The first kappa shape index (κ1) is 31.0. The molecular weight excluding hydrogens is 540 g/mol. The van der Waals surface area contributed by atoms with Crippen molar-refractivity contribution in [2.45, 2.75) is 41.2 Å². The van der Waals surface area contributed by atoms with Crippen LogP contribution in [-0.4, -0.2) is 43.3 Å². The zero-order valence-electron chi connectivity index (χ0n) is 25.8. The molecule has 4 rings (SSSR count). The monoisotopic (exact) mass is 578 g/mol. The summed E-state index contributed by atoms with van der Waals surface area (Å²) in [5.74, 6) is -0.102. The summed E-state index contributed by atoms with van der Waals surface area (Å²) in [4.78, 5) is 43.6. The number of pyridine rings is 1. The second-order valence-corrected chi connectivity index (χ2v) is 10.7. The van der Waals surface area contributed by atoms with E-state index in [1.165, 1.54) is 6.08 Å². The molecule has 0 spiro atoms. The van der Waals surface area contributed by atoms with Crippen molar-refractivity contribution in [2.24, 2.45) is 0 Å². The minimum atomic E-state index is -0.391. The maximum atomic E-state index is 13.2. The third-order valence-electron chi connectivity index (χ3n) is 7.55. The number of aromatic nitrogens is 1. The number of nitrogens with zero attached hydrogens (tertiary/aromatic N) is 2. The molecule has 0 aliphatic carbocycles. The third-order valence-corrected chi connectivity index (χ3v) is 7.55. The highest BCUT2D eigenvalue weighted by Crippen LogP contribution is 2.32. The van der Waals surface area contributed by atoms with E-state index in [1.54, 1.807) is 49.3 Å². The Kier molecular flexibility index (Phi) is 9.60. The standard InChI is InChI=1S/C35H38N4O4/c1-21-17-23(3)34(25(5)29(21)20-43-30-10-8-9-28-22(2)18-24(4)38-33(28)30)39(7)32(41)19-37-31(40)16-13-26-11-14-27(15-12-26)35(42)36-6/h8-18H,19-20H2,1-7H3,(H,36,42)(H,37,40). The number of benzene rings is 3. The van der Waals surface area contributed by atoms with E-state index in [-0.39, 0.29) is 18.4 Å². The zero-order valence-corrected chi connectivity index (χ0v) is 25.8. The summed E-state index contributed by atoms with van der Waals surface area (Å²) in [6, 6.07) is 16.9. The molecule has 0 atom stereocenters. The highest BCUT2D eigenvalue weighted by molar-refractivity contribution is 6.00. The van der Waals surface area contributed by atoms with Gasteiger partial charge in [-0.3, -0.25) is 14.4 Å². The number of rotatable bonds is 9. The van der Waals surface area contributed by atoms with Crippen LogP contribution in [0.15, 0.2) is 60.7 Å². The van der Waals surface area contributed by atoms with Crippen molar-refractivity contribution in [1.29, 1.82) is 0 Å². The average Bonchev–Trinajstić information content (AvgIpc) is 2.98. The van der Waals surface area contributed by atoms with Crippen molar-refractivity contribution in [3.63, 3.8) is 0 Å². The lowest BCUT2D eigenvalue weighted by atomic mass is 9.97. The van der Waals surface area contributed by atoms with Crippen LogP contribution in [-0.2, 0) is 16.2 Å². The van der Waals surface area contributed by atoms with Crippen LogP contribution in [0.5, 0.6) is 5.75 Å². The van der Waals surface area contributed by atoms with Crippen LogP contribution in [0.1, 0.15) is 49.4 Å². The Hall–Kier alpha value is -4.98. The van der Waals surface area contributed by atoms with Gasteiger partial charge in [0.1, 0.15) is 17.9 Å². The van der Waals surface area contributed by atoms with Crippen LogP contribution in [0.2, 0.25) is 0 Å². The van der Waals surface area contributed by atoms with Crippen LogP contribution in [0.4, 0.5) is 5.69 Å². The van der Waals surface area contributed by atoms with Crippen LogP contribution >= 0.6 is 0 Å². The van der Waals surface area contributed by atoms with E-state index < -0.39 is 5.91 Å². The molecule has 222 valence electrons. The van der Waals surface area contributed by atoms with Gasteiger partial charge in [-0.25, -0.2) is 4.98 Å². The van der Waals surface area contributed by atoms with Crippen LogP contribution in [0, 0.1) is 34.6 Å². The molecule has 0 radical (unpaired) electrons. The van der Waals surface area contributed by atoms with Crippen molar-refractivity contribution >= 4 is 40.4 Å². The van der Waals surface area contributed by atoms with E-state index >= 15 is 0 Å². The Morgan fingerprint density at radius 3 is 2.35 bits per heavy atom. The SMILES string of the molecule is CNC(=O)c1ccc(C=CC(=O)NCC(=O)N(C)c2c(C)cc(C)c(COc3cccc4c(C)cc(C)nc34)c2C)cc1. The summed E-state index contributed by atoms with van der Waals surface area (Å²) >= 11 is 0. The van der Waals surface area contributed by atoms with Crippen LogP contribution < -0.4 is 20.3 Å². The lowest BCUT2D eigenvalue weighted by molar-refractivity contribution is -0.122. The maximum Gasteiger partial charge on any atom is 0.251 e. The van der Waals surface area contributed by atoms with Crippen molar-refractivity contribution in [3.8, 4) is 5.75 Å². The molecule has 1 aromatic heterocycles. The summed E-state index contributed by atoms with van der Waals surface area (Å²) in [5.41, 5.74) is 8.97. The Morgan fingerprint density at radius 2 is 1.65 bits per heavy atom. The highest BCUT2D eigenvalue weighted by atomic mass is 16.5. The van der Waals surface area contributed by atoms with Crippen molar-refractivity contribution in [1.82, 2.24) is 15.6 Å². The van der Waals surface area contributed by atoms with E-state index in [4.69, 9.17) is 9.72 Å². The summed E-state index contributed by atoms with van der Waals surface area (Å²) in [6.07, 6.45) is 3.00. The molecular formula is C35H38N4O4.